The van der Waals surface area contributed by atoms with Gasteiger partial charge in [-0.1, -0.05) is 12.2 Å². The molecule has 0 aliphatic carbocycles. The van der Waals surface area contributed by atoms with Crippen molar-refractivity contribution in [2.75, 3.05) is 6.54 Å². The smallest absolute Gasteiger partial charge is 0.339 e. The van der Waals surface area contributed by atoms with E-state index >= 15 is 0 Å². The van der Waals surface area contributed by atoms with E-state index in [1.807, 2.05) is 0 Å². The van der Waals surface area contributed by atoms with E-state index in [-0.39, 0.29) is 11.4 Å². The quantitative estimate of drug-likeness (QED) is 0.691. The number of rotatable bonds is 5. The molecule has 18 heavy (non-hydrogen) atoms. The molecule has 0 saturated heterocycles. The molecule has 0 amide bonds. The molecule has 6 nitrogen and oxygen atoms in total. The summed E-state index contributed by atoms with van der Waals surface area (Å²) in [6.45, 7) is 5.27. The van der Waals surface area contributed by atoms with E-state index in [0.29, 0.717) is 5.57 Å². The van der Waals surface area contributed by atoms with Crippen molar-refractivity contribution in [1.29, 1.82) is 0 Å². The Morgan fingerprint density at radius 2 is 2.06 bits per heavy atom. The van der Waals surface area contributed by atoms with Gasteiger partial charge in [-0.2, -0.15) is 0 Å². The van der Waals surface area contributed by atoms with E-state index in [4.69, 9.17) is 5.11 Å². The number of aromatic carboxylic acids is 1. The van der Waals surface area contributed by atoms with Crippen molar-refractivity contribution in [2.45, 2.75) is 11.8 Å². The normalized spacial score (nSPS) is 11.2. The van der Waals surface area contributed by atoms with Gasteiger partial charge in [0.05, 0.1) is 4.90 Å². The van der Waals surface area contributed by atoms with Crippen LogP contribution in [0.3, 0.4) is 0 Å². The van der Waals surface area contributed by atoms with Crippen molar-refractivity contribution < 1.29 is 23.4 Å². The lowest BCUT2D eigenvalue weighted by Crippen LogP contribution is -2.25. The van der Waals surface area contributed by atoms with Crippen LogP contribution < -0.4 is 4.72 Å². The molecule has 3 N–H and O–H groups in total. The van der Waals surface area contributed by atoms with E-state index in [2.05, 4.69) is 11.3 Å². The molecule has 0 unspecified atom stereocenters. The first-order chi connectivity index (χ1) is 8.24. The maximum Gasteiger partial charge on any atom is 0.339 e. The molecule has 0 aliphatic heterocycles. The van der Waals surface area contributed by atoms with Gasteiger partial charge in [-0.05, 0) is 25.1 Å². The van der Waals surface area contributed by atoms with E-state index < -0.39 is 27.3 Å². The molecular formula is C11H13NO5S. The zero-order chi connectivity index (χ0) is 13.9. The molecule has 0 atom stereocenters. The molecule has 0 spiro atoms. The van der Waals surface area contributed by atoms with Crippen LogP contribution in [-0.4, -0.2) is 31.1 Å². The second-order valence-corrected chi connectivity index (χ2v) is 5.53. The van der Waals surface area contributed by atoms with E-state index in [0.717, 1.165) is 18.2 Å². The highest BCUT2D eigenvalue weighted by molar-refractivity contribution is 7.89. The summed E-state index contributed by atoms with van der Waals surface area (Å²) in [6.07, 6.45) is 0. The highest BCUT2D eigenvalue weighted by atomic mass is 32.2. The number of carboxylic acids is 1. The molecule has 1 rings (SSSR count). The zero-order valence-corrected chi connectivity index (χ0v) is 10.5. The highest BCUT2D eigenvalue weighted by Gasteiger charge is 2.18. The molecule has 0 heterocycles. The topological polar surface area (TPSA) is 104 Å². The van der Waals surface area contributed by atoms with E-state index in [1.54, 1.807) is 6.92 Å². The van der Waals surface area contributed by atoms with Crippen LogP contribution in [0.5, 0.6) is 5.75 Å². The van der Waals surface area contributed by atoms with Gasteiger partial charge in [-0.15, -0.1) is 0 Å². The van der Waals surface area contributed by atoms with Crippen LogP contribution in [0.2, 0.25) is 0 Å². The minimum absolute atomic E-state index is 0.0611. The maximum atomic E-state index is 11.8. The molecule has 7 heteroatoms. The number of aromatic hydroxyl groups is 1. The summed E-state index contributed by atoms with van der Waals surface area (Å²) in [5, 5.41) is 18.1. The Bertz CT molecular complexity index is 591. The van der Waals surface area contributed by atoms with Crippen LogP contribution in [0.4, 0.5) is 0 Å². The molecule has 0 bridgehead atoms. The highest BCUT2D eigenvalue weighted by Crippen LogP contribution is 2.21. The predicted octanol–water partition coefficient (Wildman–Crippen LogP) is 0.945. The van der Waals surface area contributed by atoms with Crippen molar-refractivity contribution in [2.24, 2.45) is 0 Å². The Morgan fingerprint density at radius 3 is 2.56 bits per heavy atom. The summed E-state index contributed by atoms with van der Waals surface area (Å²) < 4.78 is 25.9. The van der Waals surface area contributed by atoms with Crippen LogP contribution in [0.1, 0.15) is 17.3 Å². The van der Waals surface area contributed by atoms with Gasteiger partial charge in [-0.3, -0.25) is 0 Å². The monoisotopic (exact) mass is 271 g/mol. The lowest BCUT2D eigenvalue weighted by molar-refractivity contribution is 0.0693. The van der Waals surface area contributed by atoms with Gasteiger partial charge >= 0.3 is 5.97 Å². The molecule has 0 fully saturated rings. The van der Waals surface area contributed by atoms with Crippen molar-refractivity contribution in [3.05, 3.63) is 35.9 Å². The summed E-state index contributed by atoms with van der Waals surface area (Å²) in [4.78, 5) is 10.6. The summed E-state index contributed by atoms with van der Waals surface area (Å²) in [7, 11) is -3.81. The van der Waals surface area contributed by atoms with Gasteiger partial charge in [0.25, 0.3) is 0 Å². The van der Waals surface area contributed by atoms with Gasteiger partial charge in [0, 0.05) is 6.54 Å². The molecule has 98 valence electrons. The van der Waals surface area contributed by atoms with Gasteiger partial charge in [-0.25, -0.2) is 17.9 Å². The Morgan fingerprint density at radius 1 is 1.44 bits per heavy atom. The van der Waals surface area contributed by atoms with Gasteiger partial charge in [0.15, 0.2) is 0 Å². The lowest BCUT2D eigenvalue weighted by atomic mass is 10.2. The number of hydrogen-bond donors (Lipinski definition) is 3. The molecule has 1 aromatic rings. The molecule has 0 saturated carbocycles. The fraction of sp³-hybridized carbons (Fsp3) is 0.182. The Hall–Kier alpha value is -1.86. The molecular weight excluding hydrogens is 258 g/mol. The third kappa shape index (κ3) is 3.31. The summed E-state index contributed by atoms with van der Waals surface area (Å²) in [5.74, 6) is -1.88. The minimum atomic E-state index is -3.81. The second kappa shape index (κ2) is 5.19. The Balaban J connectivity index is 3.14. The zero-order valence-electron chi connectivity index (χ0n) is 9.67. The van der Waals surface area contributed by atoms with Gasteiger partial charge < -0.3 is 10.2 Å². The summed E-state index contributed by atoms with van der Waals surface area (Å²) >= 11 is 0. The van der Waals surface area contributed by atoms with Crippen LogP contribution in [-0.2, 0) is 10.0 Å². The number of hydrogen-bond acceptors (Lipinski definition) is 4. The van der Waals surface area contributed by atoms with Crippen LogP contribution in [0, 0.1) is 0 Å². The average Bonchev–Trinajstić information content (AvgIpc) is 2.26. The molecule has 0 aromatic heterocycles. The van der Waals surface area contributed by atoms with Gasteiger partial charge in [0.2, 0.25) is 10.0 Å². The first-order valence-electron chi connectivity index (χ1n) is 4.94. The van der Waals surface area contributed by atoms with Crippen molar-refractivity contribution in [3.63, 3.8) is 0 Å². The van der Waals surface area contributed by atoms with Crippen molar-refractivity contribution >= 4 is 16.0 Å². The SMILES string of the molecule is C=C(C)CNS(=O)(=O)c1ccc(O)c(C(=O)O)c1. The molecule has 1 aromatic carbocycles. The van der Waals surface area contributed by atoms with Crippen molar-refractivity contribution in [3.8, 4) is 5.75 Å². The fourth-order valence-electron chi connectivity index (χ4n) is 1.16. The second-order valence-electron chi connectivity index (χ2n) is 3.77. The number of sulfonamides is 1. The number of carboxylic acid groups (broad SMARTS) is 1. The average molecular weight is 271 g/mol. The Kier molecular flexibility index (Phi) is 4.10. The van der Waals surface area contributed by atoms with E-state index in [9.17, 15) is 18.3 Å². The summed E-state index contributed by atoms with van der Waals surface area (Å²) in [5.41, 5.74) is 0.156. The first kappa shape index (κ1) is 14.2. The Labute approximate surface area is 105 Å². The first-order valence-corrected chi connectivity index (χ1v) is 6.42. The molecule has 0 aliphatic rings. The van der Waals surface area contributed by atoms with Crippen LogP contribution in [0.15, 0.2) is 35.2 Å². The molecule has 0 radical (unpaired) electrons. The lowest BCUT2D eigenvalue weighted by Gasteiger charge is -2.08. The third-order valence-corrected chi connectivity index (χ3v) is 3.47. The number of nitrogens with one attached hydrogen (secondary N) is 1. The predicted molar refractivity (Wildman–Crippen MR) is 65.1 cm³/mol. The third-order valence-electron chi connectivity index (χ3n) is 2.07. The number of phenols is 1. The van der Waals surface area contributed by atoms with Gasteiger partial charge in [0.1, 0.15) is 11.3 Å². The standard InChI is InChI=1S/C11H13NO5S/c1-7(2)6-12-18(16,17)8-3-4-10(13)9(5-8)11(14)15/h3-5,12-13H,1,6H2,2H3,(H,14,15). The van der Waals surface area contributed by atoms with Crippen LogP contribution >= 0.6 is 0 Å². The minimum Gasteiger partial charge on any atom is -0.507 e. The fourth-order valence-corrected chi connectivity index (χ4v) is 2.28. The van der Waals surface area contributed by atoms with Crippen molar-refractivity contribution in [1.82, 2.24) is 4.72 Å². The summed E-state index contributed by atoms with van der Waals surface area (Å²) in [6, 6.07) is 3.06. The largest absolute Gasteiger partial charge is 0.507 e. The maximum absolute atomic E-state index is 11.8. The van der Waals surface area contributed by atoms with Crippen LogP contribution in [0.25, 0.3) is 0 Å². The van der Waals surface area contributed by atoms with E-state index in [1.165, 1.54) is 0 Å². The number of benzene rings is 1. The number of carbonyl (C=O) groups is 1.